The molecule has 6 rings (SSSR count). The molecule has 0 bridgehead atoms. The maximum atomic E-state index is 10.2. The Balaban J connectivity index is 1.38. The summed E-state index contributed by atoms with van der Waals surface area (Å²) >= 11 is 0. The number of hydrogen-bond donors (Lipinski definition) is 4. The van der Waals surface area contributed by atoms with Gasteiger partial charge >= 0.3 is 0 Å². The van der Waals surface area contributed by atoms with Crippen molar-refractivity contribution < 1.29 is 24.5 Å². The van der Waals surface area contributed by atoms with Crippen LogP contribution in [0, 0.1) is 25.2 Å². The molecule has 0 saturated carbocycles. The zero-order valence-corrected chi connectivity index (χ0v) is 27.5. The van der Waals surface area contributed by atoms with E-state index in [1.807, 2.05) is 37.3 Å². The SMILES string of the molecule is COc1nc(-c2cccc(-c3cccc(-c4nc5cc6c(c(C#N)c5o4)CC[C@H]6N(CCO)CCO)c3C)c2C)cnc1CNCCO. The van der Waals surface area contributed by atoms with Crippen LogP contribution in [0.15, 0.2) is 53.1 Å². The summed E-state index contributed by atoms with van der Waals surface area (Å²) < 4.78 is 11.9. The topological polar surface area (TPSA) is 161 Å². The van der Waals surface area contributed by atoms with Crippen molar-refractivity contribution in [1.29, 1.82) is 5.26 Å². The zero-order chi connectivity index (χ0) is 33.8. The molecule has 1 atom stereocenters. The van der Waals surface area contributed by atoms with Gasteiger partial charge in [-0.15, -0.1) is 0 Å². The van der Waals surface area contributed by atoms with Crippen molar-refractivity contribution in [3.8, 4) is 45.8 Å². The Bertz CT molecular complexity index is 1980. The summed E-state index contributed by atoms with van der Waals surface area (Å²) in [5.74, 6) is 0.874. The van der Waals surface area contributed by atoms with Crippen LogP contribution in [0.25, 0.3) is 44.9 Å². The minimum atomic E-state index is -0.0138. The average Bonchev–Trinajstić information content (AvgIpc) is 3.72. The number of benzene rings is 3. The normalized spacial score (nSPS) is 14.1. The Hall–Kier alpha value is -4.70. The Morgan fingerprint density at radius 3 is 2.33 bits per heavy atom. The van der Waals surface area contributed by atoms with Crippen LogP contribution in [-0.2, 0) is 13.0 Å². The first-order chi connectivity index (χ1) is 23.4. The predicted molar refractivity (Wildman–Crippen MR) is 182 cm³/mol. The van der Waals surface area contributed by atoms with Gasteiger partial charge in [0, 0.05) is 43.3 Å². The molecular formula is C37H40N6O5. The molecule has 248 valence electrons. The molecular weight excluding hydrogens is 608 g/mol. The number of ether oxygens (including phenoxy) is 1. The smallest absolute Gasteiger partial charge is 0.237 e. The molecule has 11 heteroatoms. The lowest BCUT2D eigenvalue weighted by Gasteiger charge is -2.28. The monoisotopic (exact) mass is 648 g/mol. The molecule has 3 aromatic carbocycles. The van der Waals surface area contributed by atoms with E-state index in [1.165, 1.54) is 0 Å². The molecule has 0 radical (unpaired) electrons. The minimum Gasteiger partial charge on any atom is -0.480 e. The van der Waals surface area contributed by atoms with Crippen molar-refractivity contribution in [3.05, 3.63) is 82.2 Å². The average molecular weight is 649 g/mol. The quantitative estimate of drug-likeness (QED) is 0.133. The summed E-state index contributed by atoms with van der Waals surface area (Å²) in [6, 6.07) is 16.5. The van der Waals surface area contributed by atoms with E-state index in [9.17, 15) is 15.5 Å². The van der Waals surface area contributed by atoms with E-state index in [0.717, 1.165) is 50.9 Å². The molecule has 4 N–H and O–H groups in total. The minimum absolute atomic E-state index is 0.0109. The molecule has 0 amide bonds. The fourth-order valence-electron chi connectivity index (χ4n) is 6.88. The second kappa shape index (κ2) is 14.6. The van der Waals surface area contributed by atoms with E-state index < -0.39 is 0 Å². The number of nitriles is 1. The van der Waals surface area contributed by atoms with Gasteiger partial charge in [-0.25, -0.2) is 9.97 Å². The first-order valence-corrected chi connectivity index (χ1v) is 16.2. The van der Waals surface area contributed by atoms with Crippen molar-refractivity contribution in [3.63, 3.8) is 0 Å². The Kier molecular flexibility index (Phi) is 10.1. The van der Waals surface area contributed by atoms with Crippen LogP contribution >= 0.6 is 0 Å². The first-order valence-electron chi connectivity index (χ1n) is 16.2. The molecule has 1 aliphatic carbocycles. The number of fused-ring (bicyclic) bond motifs is 2. The second-order valence-electron chi connectivity index (χ2n) is 11.9. The molecule has 0 saturated heterocycles. The van der Waals surface area contributed by atoms with Gasteiger partial charge in [0.2, 0.25) is 11.8 Å². The number of aliphatic hydroxyl groups excluding tert-OH is 3. The summed E-state index contributed by atoms with van der Waals surface area (Å²) in [5.41, 5.74) is 10.7. The molecule has 2 heterocycles. The van der Waals surface area contributed by atoms with Crippen molar-refractivity contribution >= 4 is 11.1 Å². The van der Waals surface area contributed by atoms with Crippen LogP contribution in [-0.4, -0.2) is 81.7 Å². The van der Waals surface area contributed by atoms with Gasteiger partial charge in [0.15, 0.2) is 5.58 Å². The van der Waals surface area contributed by atoms with Crippen molar-refractivity contribution in [2.45, 2.75) is 39.3 Å². The largest absolute Gasteiger partial charge is 0.480 e. The highest BCUT2D eigenvalue weighted by molar-refractivity contribution is 5.87. The van der Waals surface area contributed by atoms with Crippen molar-refractivity contribution in [2.75, 3.05) is 46.6 Å². The van der Waals surface area contributed by atoms with Crippen LogP contribution in [0.4, 0.5) is 0 Å². The predicted octanol–water partition coefficient (Wildman–Crippen LogP) is 4.47. The third-order valence-electron chi connectivity index (χ3n) is 9.23. The molecule has 1 aliphatic rings. The van der Waals surface area contributed by atoms with E-state index in [-0.39, 0.29) is 25.9 Å². The lowest BCUT2D eigenvalue weighted by atomic mass is 9.90. The fraction of sp³-hybridized carbons (Fsp3) is 0.351. The lowest BCUT2D eigenvalue weighted by Crippen LogP contribution is -2.33. The van der Waals surface area contributed by atoms with Crippen molar-refractivity contribution in [1.82, 2.24) is 25.2 Å². The van der Waals surface area contributed by atoms with Gasteiger partial charge in [-0.3, -0.25) is 9.88 Å². The highest BCUT2D eigenvalue weighted by Gasteiger charge is 2.32. The molecule has 0 spiro atoms. The number of rotatable bonds is 13. The summed E-state index contributed by atoms with van der Waals surface area (Å²) in [6.45, 7) is 5.89. The van der Waals surface area contributed by atoms with E-state index in [0.29, 0.717) is 72.4 Å². The number of nitrogens with one attached hydrogen (secondary N) is 1. The van der Waals surface area contributed by atoms with Crippen LogP contribution in [0.3, 0.4) is 0 Å². The maximum Gasteiger partial charge on any atom is 0.237 e. The number of aromatic nitrogens is 3. The molecule has 0 aliphatic heterocycles. The molecule has 48 heavy (non-hydrogen) atoms. The van der Waals surface area contributed by atoms with Gasteiger partial charge in [0.25, 0.3) is 0 Å². The van der Waals surface area contributed by atoms with Crippen LogP contribution in [0.5, 0.6) is 5.88 Å². The fourth-order valence-corrected chi connectivity index (χ4v) is 6.88. The van der Waals surface area contributed by atoms with Gasteiger partial charge in [-0.1, -0.05) is 30.3 Å². The van der Waals surface area contributed by atoms with Crippen molar-refractivity contribution in [2.24, 2.45) is 0 Å². The summed E-state index contributed by atoms with van der Waals surface area (Å²) in [5, 5.41) is 41.7. The number of hydrogen-bond acceptors (Lipinski definition) is 11. The summed E-state index contributed by atoms with van der Waals surface area (Å²) in [7, 11) is 1.57. The van der Waals surface area contributed by atoms with Gasteiger partial charge in [-0.2, -0.15) is 5.26 Å². The van der Waals surface area contributed by atoms with E-state index in [2.05, 4.69) is 40.3 Å². The maximum absolute atomic E-state index is 10.2. The summed E-state index contributed by atoms with van der Waals surface area (Å²) in [6.07, 6.45) is 3.26. The Labute approximate surface area is 279 Å². The number of aliphatic hydroxyl groups is 3. The van der Waals surface area contributed by atoms with Gasteiger partial charge in [0.05, 0.1) is 38.8 Å². The lowest BCUT2D eigenvalue weighted by molar-refractivity contribution is 0.121. The van der Waals surface area contributed by atoms with E-state index in [1.54, 1.807) is 13.3 Å². The van der Waals surface area contributed by atoms with Crippen LogP contribution in [0.1, 0.15) is 46.0 Å². The highest BCUT2D eigenvalue weighted by atomic mass is 16.5. The Morgan fingerprint density at radius 2 is 1.67 bits per heavy atom. The van der Waals surface area contributed by atoms with Gasteiger partial charge in [0.1, 0.15) is 22.8 Å². The Morgan fingerprint density at radius 1 is 0.979 bits per heavy atom. The number of methoxy groups -OCH3 is 1. The van der Waals surface area contributed by atoms with Gasteiger partial charge < -0.3 is 29.8 Å². The van der Waals surface area contributed by atoms with E-state index in [4.69, 9.17) is 24.2 Å². The third kappa shape index (κ3) is 6.17. The summed E-state index contributed by atoms with van der Waals surface area (Å²) in [4.78, 5) is 16.3. The molecule has 11 nitrogen and oxygen atoms in total. The van der Waals surface area contributed by atoms with E-state index >= 15 is 0 Å². The van der Waals surface area contributed by atoms with Gasteiger partial charge in [-0.05, 0) is 72.2 Å². The number of nitrogens with zero attached hydrogens (tertiary/aromatic N) is 5. The first kappa shape index (κ1) is 33.2. The molecule has 2 aromatic heterocycles. The standard InChI is InChI=1S/C37H40N6O5/c1-22-24(6-4-8-26(22)32-21-40-33(20-39-12-15-44)37(42-32)47-3)25-7-5-9-27(23(25)2)36-41-31-18-29-28(30(19-38)35(31)48-36)10-11-34(29)43(13-16-45)14-17-46/h4-9,18,21,34,39,44-46H,10-17,20H2,1-3H3/t34-/m1/s1. The number of oxazole rings is 1. The highest BCUT2D eigenvalue weighted by Crippen LogP contribution is 2.42. The molecule has 0 fully saturated rings. The van der Waals surface area contributed by atoms with Crippen LogP contribution < -0.4 is 10.1 Å². The third-order valence-corrected chi connectivity index (χ3v) is 9.23. The molecule has 5 aromatic rings. The van der Waals surface area contributed by atoms with Crippen LogP contribution in [0.2, 0.25) is 0 Å². The second-order valence-corrected chi connectivity index (χ2v) is 11.9. The zero-order valence-electron chi connectivity index (χ0n) is 27.5. The molecule has 0 unspecified atom stereocenters.